The van der Waals surface area contributed by atoms with Gasteiger partial charge < -0.3 is 19.9 Å². The van der Waals surface area contributed by atoms with E-state index in [2.05, 4.69) is 32.0 Å². The summed E-state index contributed by atoms with van der Waals surface area (Å²) in [5.41, 5.74) is 0. The van der Waals surface area contributed by atoms with Gasteiger partial charge in [-0.3, -0.25) is 0 Å². The molecule has 7 nitrogen and oxygen atoms in total. The third kappa shape index (κ3) is 3.53. The van der Waals surface area contributed by atoms with Crippen LogP contribution in [0.15, 0.2) is 0 Å². The number of nitrogens with one attached hydrogen (secondary N) is 1. The zero-order chi connectivity index (χ0) is 14.5. The summed E-state index contributed by atoms with van der Waals surface area (Å²) in [6.45, 7) is 8.28. The number of hydrogen-bond donors (Lipinski definition) is 1. The zero-order valence-electron chi connectivity index (χ0n) is 12.7. The monoisotopic (exact) mass is 292 g/mol. The molecule has 0 atom stereocenters. The van der Waals surface area contributed by atoms with Crippen LogP contribution < -0.4 is 15.1 Å². The second-order valence-corrected chi connectivity index (χ2v) is 5.44. The molecule has 3 heterocycles. The van der Waals surface area contributed by atoms with Gasteiger partial charge in [-0.25, -0.2) is 0 Å². The van der Waals surface area contributed by atoms with Gasteiger partial charge in [0, 0.05) is 39.3 Å². The zero-order valence-corrected chi connectivity index (χ0v) is 12.7. The first kappa shape index (κ1) is 14.3. The first-order valence-corrected chi connectivity index (χ1v) is 7.94. The van der Waals surface area contributed by atoms with E-state index in [1.807, 2.05) is 0 Å². The molecular weight excluding hydrogens is 268 g/mol. The molecule has 0 aliphatic carbocycles. The predicted octanol–water partition coefficient (Wildman–Crippen LogP) is 1.13. The maximum Gasteiger partial charge on any atom is 0.232 e. The Morgan fingerprint density at radius 2 is 1.57 bits per heavy atom. The van der Waals surface area contributed by atoms with Crippen molar-refractivity contribution in [2.75, 3.05) is 61.1 Å². The molecule has 0 aromatic carbocycles. The highest BCUT2D eigenvalue weighted by molar-refractivity contribution is 5.45. The van der Waals surface area contributed by atoms with Gasteiger partial charge in [-0.2, -0.15) is 15.0 Å². The Bertz CT molecular complexity index is 455. The normalized spacial score (nSPS) is 19.7. The topological polar surface area (TPSA) is 66.4 Å². The summed E-state index contributed by atoms with van der Waals surface area (Å²) in [4.78, 5) is 18.3. The maximum absolute atomic E-state index is 5.52. The standard InChI is InChI=1S/C14H24N6O/c1-2-15-12-16-13(19-6-3-4-7-19)18-14(17-12)20-8-5-10-21-11-9-20/h2-11H2,1H3,(H,15,16,17,18). The first-order valence-electron chi connectivity index (χ1n) is 7.94. The molecular formula is C14H24N6O. The minimum Gasteiger partial charge on any atom is -0.380 e. The Balaban J connectivity index is 1.86. The van der Waals surface area contributed by atoms with Crippen LogP contribution in [0.4, 0.5) is 17.8 Å². The molecule has 1 aromatic heterocycles. The Hall–Kier alpha value is -1.63. The van der Waals surface area contributed by atoms with Gasteiger partial charge >= 0.3 is 0 Å². The van der Waals surface area contributed by atoms with Gasteiger partial charge in [0.1, 0.15) is 0 Å². The molecule has 0 unspecified atom stereocenters. The van der Waals surface area contributed by atoms with Crippen LogP contribution in [-0.4, -0.2) is 60.9 Å². The van der Waals surface area contributed by atoms with E-state index in [-0.39, 0.29) is 0 Å². The lowest BCUT2D eigenvalue weighted by atomic mass is 10.4. The second-order valence-electron chi connectivity index (χ2n) is 5.44. The summed E-state index contributed by atoms with van der Waals surface area (Å²) < 4.78 is 5.52. The average molecular weight is 292 g/mol. The first-order chi connectivity index (χ1) is 10.4. The predicted molar refractivity (Wildman–Crippen MR) is 83.1 cm³/mol. The molecule has 116 valence electrons. The molecule has 0 bridgehead atoms. The molecule has 3 rings (SSSR count). The van der Waals surface area contributed by atoms with Gasteiger partial charge in [-0.1, -0.05) is 0 Å². The Morgan fingerprint density at radius 1 is 0.905 bits per heavy atom. The highest BCUT2D eigenvalue weighted by atomic mass is 16.5. The van der Waals surface area contributed by atoms with Crippen LogP contribution >= 0.6 is 0 Å². The van der Waals surface area contributed by atoms with E-state index >= 15 is 0 Å². The molecule has 1 aromatic rings. The highest BCUT2D eigenvalue weighted by Crippen LogP contribution is 2.21. The summed E-state index contributed by atoms with van der Waals surface area (Å²) in [6, 6.07) is 0. The van der Waals surface area contributed by atoms with E-state index in [4.69, 9.17) is 9.72 Å². The van der Waals surface area contributed by atoms with Gasteiger partial charge in [-0.05, 0) is 26.2 Å². The highest BCUT2D eigenvalue weighted by Gasteiger charge is 2.20. The molecule has 0 spiro atoms. The molecule has 2 fully saturated rings. The number of aromatic nitrogens is 3. The fourth-order valence-corrected chi connectivity index (χ4v) is 2.74. The van der Waals surface area contributed by atoms with Crippen molar-refractivity contribution in [3.05, 3.63) is 0 Å². The fraction of sp³-hybridized carbons (Fsp3) is 0.786. The Morgan fingerprint density at radius 3 is 2.29 bits per heavy atom. The molecule has 0 saturated carbocycles. The second kappa shape index (κ2) is 6.89. The summed E-state index contributed by atoms with van der Waals surface area (Å²) in [5.74, 6) is 2.25. The van der Waals surface area contributed by atoms with Gasteiger partial charge in [0.2, 0.25) is 17.8 Å². The third-order valence-corrected chi connectivity index (χ3v) is 3.84. The van der Waals surface area contributed by atoms with E-state index < -0.39 is 0 Å². The van der Waals surface area contributed by atoms with Gasteiger partial charge in [0.25, 0.3) is 0 Å². The van der Waals surface area contributed by atoms with Crippen LogP contribution in [0, 0.1) is 0 Å². The Labute approximate surface area is 125 Å². The molecule has 0 radical (unpaired) electrons. The van der Waals surface area contributed by atoms with Crippen molar-refractivity contribution in [3.63, 3.8) is 0 Å². The van der Waals surface area contributed by atoms with Crippen molar-refractivity contribution in [2.45, 2.75) is 26.2 Å². The molecule has 1 N–H and O–H groups in total. The summed E-state index contributed by atoms with van der Waals surface area (Å²) in [6.07, 6.45) is 3.45. The van der Waals surface area contributed by atoms with Crippen molar-refractivity contribution >= 4 is 17.8 Å². The van der Waals surface area contributed by atoms with Crippen LogP contribution in [-0.2, 0) is 4.74 Å². The van der Waals surface area contributed by atoms with Crippen molar-refractivity contribution in [1.82, 2.24) is 15.0 Å². The summed E-state index contributed by atoms with van der Waals surface area (Å²) in [5, 5.41) is 3.22. The van der Waals surface area contributed by atoms with Crippen LogP contribution in [0.25, 0.3) is 0 Å². The van der Waals surface area contributed by atoms with Gasteiger partial charge in [0.05, 0.1) is 6.61 Å². The third-order valence-electron chi connectivity index (χ3n) is 3.84. The van der Waals surface area contributed by atoms with Crippen LogP contribution in [0.3, 0.4) is 0 Å². The number of anilines is 3. The van der Waals surface area contributed by atoms with Crippen LogP contribution in [0.2, 0.25) is 0 Å². The molecule has 2 aliphatic heterocycles. The number of rotatable bonds is 4. The van der Waals surface area contributed by atoms with Gasteiger partial charge in [0.15, 0.2) is 0 Å². The number of nitrogens with zero attached hydrogens (tertiary/aromatic N) is 5. The summed E-state index contributed by atoms with van der Waals surface area (Å²) >= 11 is 0. The molecule has 21 heavy (non-hydrogen) atoms. The lowest BCUT2D eigenvalue weighted by molar-refractivity contribution is 0.152. The fourth-order valence-electron chi connectivity index (χ4n) is 2.74. The smallest absolute Gasteiger partial charge is 0.232 e. The molecule has 0 amide bonds. The minimum absolute atomic E-state index is 0.676. The van der Waals surface area contributed by atoms with Crippen molar-refractivity contribution < 1.29 is 4.74 Å². The summed E-state index contributed by atoms with van der Waals surface area (Å²) in [7, 11) is 0. The van der Waals surface area contributed by atoms with E-state index in [0.717, 1.165) is 64.3 Å². The van der Waals surface area contributed by atoms with Gasteiger partial charge in [-0.15, -0.1) is 0 Å². The Kier molecular flexibility index (Phi) is 4.69. The van der Waals surface area contributed by atoms with Crippen LogP contribution in [0.5, 0.6) is 0 Å². The maximum atomic E-state index is 5.52. The lowest BCUT2D eigenvalue weighted by Gasteiger charge is -2.22. The van der Waals surface area contributed by atoms with Crippen molar-refractivity contribution in [3.8, 4) is 0 Å². The van der Waals surface area contributed by atoms with E-state index in [1.54, 1.807) is 0 Å². The molecule has 2 aliphatic rings. The van der Waals surface area contributed by atoms with Crippen molar-refractivity contribution in [1.29, 1.82) is 0 Å². The van der Waals surface area contributed by atoms with Crippen molar-refractivity contribution in [2.24, 2.45) is 0 Å². The number of hydrogen-bond acceptors (Lipinski definition) is 7. The van der Waals surface area contributed by atoms with E-state index in [0.29, 0.717) is 5.95 Å². The quantitative estimate of drug-likeness (QED) is 0.892. The average Bonchev–Trinajstić information content (AvgIpc) is 2.90. The lowest BCUT2D eigenvalue weighted by Crippen LogP contribution is -2.30. The molecule has 7 heteroatoms. The largest absolute Gasteiger partial charge is 0.380 e. The number of ether oxygens (including phenoxy) is 1. The SMILES string of the molecule is CCNc1nc(N2CCCC2)nc(N2CCCOCC2)n1. The molecule has 2 saturated heterocycles. The van der Waals surface area contributed by atoms with E-state index in [1.165, 1.54) is 12.8 Å². The minimum atomic E-state index is 0.676. The van der Waals surface area contributed by atoms with E-state index in [9.17, 15) is 0 Å². The van der Waals surface area contributed by atoms with Crippen LogP contribution in [0.1, 0.15) is 26.2 Å².